The van der Waals surface area contributed by atoms with Crippen molar-refractivity contribution < 1.29 is 0 Å². The lowest BCUT2D eigenvalue weighted by molar-refractivity contribution is 0.229. The van der Waals surface area contributed by atoms with Crippen molar-refractivity contribution in [1.29, 1.82) is 0 Å². The van der Waals surface area contributed by atoms with Crippen LogP contribution in [0.25, 0.3) is 0 Å². The molecule has 0 saturated carbocycles. The molecule has 1 N–H and O–H groups in total. The molecule has 1 aliphatic heterocycles. The number of rotatable bonds is 3. The molecular formula is C17H28N2. The Morgan fingerprint density at radius 2 is 1.68 bits per heavy atom. The molecule has 2 nitrogen and oxygen atoms in total. The molecule has 1 heterocycles. The molecule has 1 aliphatic rings. The van der Waals surface area contributed by atoms with Crippen molar-refractivity contribution in [2.24, 2.45) is 0 Å². The van der Waals surface area contributed by atoms with Crippen LogP contribution in [0.3, 0.4) is 0 Å². The highest BCUT2D eigenvalue weighted by atomic mass is 15.1. The number of anilines is 1. The topological polar surface area (TPSA) is 15.3 Å². The smallest absolute Gasteiger partial charge is 0.0342 e. The van der Waals surface area contributed by atoms with Crippen LogP contribution in [0, 0.1) is 0 Å². The van der Waals surface area contributed by atoms with E-state index in [0.717, 1.165) is 0 Å². The summed E-state index contributed by atoms with van der Waals surface area (Å²) in [6.45, 7) is 12.7. The number of nitrogens with zero attached hydrogens (tertiary/aromatic N) is 1. The number of likely N-dealkylation sites (tertiary alicyclic amines) is 1. The molecule has 1 saturated heterocycles. The highest BCUT2D eigenvalue weighted by Crippen LogP contribution is 2.24. The zero-order chi connectivity index (χ0) is 13.9. The fourth-order valence-electron chi connectivity index (χ4n) is 2.70. The normalized spacial score (nSPS) is 18.5. The van der Waals surface area contributed by atoms with E-state index in [2.05, 4.69) is 62.2 Å². The van der Waals surface area contributed by atoms with Gasteiger partial charge in [-0.15, -0.1) is 0 Å². The molecule has 0 bridgehead atoms. The predicted molar refractivity (Wildman–Crippen MR) is 83.9 cm³/mol. The molecule has 0 amide bonds. The van der Waals surface area contributed by atoms with Crippen LogP contribution in [-0.4, -0.2) is 30.6 Å². The van der Waals surface area contributed by atoms with Gasteiger partial charge in [-0.25, -0.2) is 0 Å². The summed E-state index contributed by atoms with van der Waals surface area (Å²) in [6, 6.07) is 9.61. The summed E-state index contributed by atoms with van der Waals surface area (Å²) in [5, 5.41) is 3.68. The molecule has 0 atom stereocenters. The fourth-order valence-corrected chi connectivity index (χ4v) is 2.70. The lowest BCUT2D eigenvalue weighted by Crippen LogP contribution is -2.38. The summed E-state index contributed by atoms with van der Waals surface area (Å²) in [7, 11) is 0. The Labute approximate surface area is 118 Å². The minimum absolute atomic E-state index is 0.241. The van der Waals surface area contributed by atoms with Crippen molar-refractivity contribution in [1.82, 2.24) is 4.90 Å². The number of benzene rings is 1. The second-order valence-electron chi connectivity index (χ2n) is 6.68. The summed E-state index contributed by atoms with van der Waals surface area (Å²) in [6.07, 6.45) is 2.52. The van der Waals surface area contributed by atoms with E-state index >= 15 is 0 Å². The van der Waals surface area contributed by atoms with Crippen LogP contribution in [0.2, 0.25) is 0 Å². The Kier molecular flexibility index (Phi) is 4.51. The molecule has 1 aromatic rings. The Bertz CT molecular complexity index is 381. The monoisotopic (exact) mass is 260 g/mol. The zero-order valence-electron chi connectivity index (χ0n) is 12.9. The van der Waals surface area contributed by atoms with Gasteiger partial charge in [-0.2, -0.15) is 0 Å². The van der Waals surface area contributed by atoms with Crippen LogP contribution in [0.5, 0.6) is 0 Å². The molecule has 2 heteroatoms. The maximum atomic E-state index is 3.68. The summed E-state index contributed by atoms with van der Waals surface area (Å²) in [4.78, 5) is 2.53. The molecule has 0 radical (unpaired) electrons. The standard InChI is InChI=1S/C17H28N2/c1-5-19-12-10-16(11-13-19)18-15-8-6-14(7-9-15)17(2,3)4/h6-9,16,18H,5,10-13H2,1-4H3. The van der Waals surface area contributed by atoms with Gasteiger partial charge in [0.1, 0.15) is 0 Å². The molecular weight excluding hydrogens is 232 g/mol. The number of hydrogen-bond acceptors (Lipinski definition) is 2. The van der Waals surface area contributed by atoms with Gasteiger partial charge in [-0.1, -0.05) is 39.8 Å². The van der Waals surface area contributed by atoms with E-state index in [1.54, 1.807) is 0 Å². The molecule has 106 valence electrons. The number of hydrogen-bond donors (Lipinski definition) is 1. The first-order valence-electron chi connectivity index (χ1n) is 7.58. The highest BCUT2D eigenvalue weighted by molar-refractivity contribution is 5.46. The molecule has 19 heavy (non-hydrogen) atoms. The van der Waals surface area contributed by atoms with Gasteiger partial charge >= 0.3 is 0 Å². The Hall–Kier alpha value is -1.02. The van der Waals surface area contributed by atoms with E-state index < -0.39 is 0 Å². The van der Waals surface area contributed by atoms with E-state index in [9.17, 15) is 0 Å². The van der Waals surface area contributed by atoms with Crippen LogP contribution in [0.4, 0.5) is 5.69 Å². The van der Waals surface area contributed by atoms with E-state index in [1.165, 1.54) is 43.7 Å². The van der Waals surface area contributed by atoms with Gasteiger partial charge < -0.3 is 10.2 Å². The average Bonchev–Trinajstić information content (AvgIpc) is 2.39. The van der Waals surface area contributed by atoms with Crippen molar-refractivity contribution in [3.05, 3.63) is 29.8 Å². The van der Waals surface area contributed by atoms with Crippen molar-refractivity contribution in [2.75, 3.05) is 25.0 Å². The molecule has 1 fully saturated rings. The van der Waals surface area contributed by atoms with Gasteiger partial charge in [0, 0.05) is 24.8 Å². The first kappa shape index (κ1) is 14.4. The Balaban J connectivity index is 1.90. The van der Waals surface area contributed by atoms with Gasteiger partial charge in [0.05, 0.1) is 0 Å². The summed E-state index contributed by atoms with van der Waals surface area (Å²) >= 11 is 0. The third-order valence-corrected chi connectivity index (χ3v) is 4.16. The first-order valence-corrected chi connectivity index (χ1v) is 7.58. The van der Waals surface area contributed by atoms with E-state index in [1.807, 2.05) is 0 Å². The van der Waals surface area contributed by atoms with Gasteiger partial charge in [0.2, 0.25) is 0 Å². The molecule has 0 aromatic heterocycles. The maximum absolute atomic E-state index is 3.68. The third kappa shape index (κ3) is 3.97. The summed E-state index contributed by atoms with van der Waals surface area (Å²) in [5.74, 6) is 0. The van der Waals surface area contributed by atoms with Crippen LogP contribution in [0.1, 0.15) is 46.1 Å². The van der Waals surface area contributed by atoms with Gasteiger partial charge in [0.15, 0.2) is 0 Å². The quantitative estimate of drug-likeness (QED) is 0.887. The Morgan fingerprint density at radius 1 is 1.11 bits per heavy atom. The molecule has 1 aromatic carbocycles. The maximum Gasteiger partial charge on any atom is 0.0342 e. The largest absolute Gasteiger partial charge is 0.382 e. The lowest BCUT2D eigenvalue weighted by Gasteiger charge is -2.32. The SMILES string of the molecule is CCN1CCC(Nc2ccc(C(C)(C)C)cc2)CC1. The van der Waals surface area contributed by atoms with Crippen molar-refractivity contribution >= 4 is 5.69 Å². The molecule has 0 spiro atoms. The van der Waals surface area contributed by atoms with Crippen LogP contribution >= 0.6 is 0 Å². The second kappa shape index (κ2) is 5.96. The van der Waals surface area contributed by atoms with Crippen molar-refractivity contribution in [3.8, 4) is 0 Å². The highest BCUT2D eigenvalue weighted by Gasteiger charge is 2.18. The van der Waals surface area contributed by atoms with Crippen molar-refractivity contribution in [2.45, 2.75) is 52.0 Å². The van der Waals surface area contributed by atoms with Crippen LogP contribution < -0.4 is 5.32 Å². The van der Waals surface area contributed by atoms with Crippen LogP contribution in [-0.2, 0) is 5.41 Å². The molecule has 0 unspecified atom stereocenters. The van der Waals surface area contributed by atoms with E-state index in [0.29, 0.717) is 6.04 Å². The van der Waals surface area contributed by atoms with Gasteiger partial charge in [-0.3, -0.25) is 0 Å². The summed E-state index contributed by atoms with van der Waals surface area (Å²) in [5.41, 5.74) is 2.91. The van der Waals surface area contributed by atoms with Gasteiger partial charge in [0.25, 0.3) is 0 Å². The fraction of sp³-hybridized carbons (Fsp3) is 0.647. The summed E-state index contributed by atoms with van der Waals surface area (Å²) < 4.78 is 0. The third-order valence-electron chi connectivity index (χ3n) is 4.16. The Morgan fingerprint density at radius 3 is 2.16 bits per heavy atom. The van der Waals surface area contributed by atoms with E-state index in [4.69, 9.17) is 0 Å². The number of nitrogens with one attached hydrogen (secondary N) is 1. The average molecular weight is 260 g/mol. The lowest BCUT2D eigenvalue weighted by atomic mass is 9.87. The minimum Gasteiger partial charge on any atom is -0.382 e. The zero-order valence-corrected chi connectivity index (χ0v) is 12.9. The van der Waals surface area contributed by atoms with Crippen molar-refractivity contribution in [3.63, 3.8) is 0 Å². The molecule has 2 rings (SSSR count). The van der Waals surface area contributed by atoms with Crippen LogP contribution in [0.15, 0.2) is 24.3 Å². The van der Waals surface area contributed by atoms with E-state index in [-0.39, 0.29) is 5.41 Å². The second-order valence-corrected chi connectivity index (χ2v) is 6.68. The van der Waals surface area contributed by atoms with Gasteiger partial charge in [-0.05, 0) is 42.5 Å². The number of piperidine rings is 1. The first-order chi connectivity index (χ1) is 8.99. The minimum atomic E-state index is 0.241. The molecule has 0 aliphatic carbocycles. The predicted octanol–water partition coefficient (Wildman–Crippen LogP) is 3.88.